The molecule has 0 saturated carbocycles. The second-order valence-electron chi connectivity index (χ2n) is 5.93. The number of carbonyl (C=O) groups excluding carboxylic acids is 1. The molecule has 6 nitrogen and oxygen atoms in total. The minimum Gasteiger partial charge on any atom is -0.371 e. The van der Waals surface area contributed by atoms with Gasteiger partial charge in [-0.2, -0.15) is 0 Å². The average Bonchev–Trinajstić information content (AvgIpc) is 3.01. The fraction of sp³-hybridized carbons (Fsp3) is 0.278. The Labute approximate surface area is 139 Å². The van der Waals surface area contributed by atoms with Crippen LogP contribution in [-0.2, 0) is 11.3 Å². The molecule has 1 aliphatic heterocycles. The van der Waals surface area contributed by atoms with Crippen molar-refractivity contribution in [2.75, 3.05) is 13.2 Å². The molecule has 2 aromatic heterocycles. The van der Waals surface area contributed by atoms with E-state index in [2.05, 4.69) is 33.9 Å². The summed E-state index contributed by atoms with van der Waals surface area (Å²) in [6.07, 6.45) is 1.61. The van der Waals surface area contributed by atoms with Crippen molar-refractivity contribution in [3.63, 3.8) is 0 Å². The third kappa shape index (κ3) is 2.55. The van der Waals surface area contributed by atoms with E-state index in [0.29, 0.717) is 25.5 Å². The molecule has 0 spiro atoms. The van der Waals surface area contributed by atoms with Crippen LogP contribution in [0.5, 0.6) is 0 Å². The van der Waals surface area contributed by atoms with Gasteiger partial charge in [0.2, 0.25) is 0 Å². The number of amides is 1. The monoisotopic (exact) mass is 322 g/mol. The van der Waals surface area contributed by atoms with E-state index in [1.54, 1.807) is 24.4 Å². The van der Waals surface area contributed by atoms with E-state index in [1.165, 1.54) is 0 Å². The summed E-state index contributed by atoms with van der Waals surface area (Å²) in [6.45, 7) is 3.58. The smallest absolute Gasteiger partial charge is 0.269 e. The summed E-state index contributed by atoms with van der Waals surface area (Å²) in [6, 6.07) is 11.5. The van der Waals surface area contributed by atoms with Crippen molar-refractivity contribution in [3.05, 3.63) is 59.7 Å². The Kier molecular flexibility index (Phi) is 3.74. The SMILES string of the molecule is Cc1cccc2c1nc1n2[C@@H](CNC(=O)c2ccccn2)COC1. The van der Waals surface area contributed by atoms with Crippen molar-refractivity contribution >= 4 is 16.9 Å². The number of rotatable bonds is 3. The van der Waals surface area contributed by atoms with Crippen molar-refractivity contribution in [2.45, 2.75) is 19.6 Å². The first-order chi connectivity index (χ1) is 11.7. The number of carbonyl (C=O) groups is 1. The number of hydrogen-bond acceptors (Lipinski definition) is 4. The van der Waals surface area contributed by atoms with Crippen LogP contribution in [-0.4, -0.2) is 33.6 Å². The van der Waals surface area contributed by atoms with Crippen LogP contribution in [0, 0.1) is 6.92 Å². The zero-order valence-corrected chi connectivity index (χ0v) is 13.4. The van der Waals surface area contributed by atoms with E-state index in [0.717, 1.165) is 22.4 Å². The van der Waals surface area contributed by atoms with Gasteiger partial charge in [-0.3, -0.25) is 9.78 Å². The van der Waals surface area contributed by atoms with E-state index in [4.69, 9.17) is 9.72 Å². The quantitative estimate of drug-likeness (QED) is 0.803. The number of nitrogens with zero attached hydrogens (tertiary/aromatic N) is 3. The van der Waals surface area contributed by atoms with Crippen LogP contribution in [0.1, 0.15) is 27.9 Å². The van der Waals surface area contributed by atoms with Crippen molar-refractivity contribution in [2.24, 2.45) is 0 Å². The molecule has 0 radical (unpaired) electrons. The minimum atomic E-state index is -0.177. The number of hydrogen-bond donors (Lipinski definition) is 1. The van der Waals surface area contributed by atoms with E-state index >= 15 is 0 Å². The third-order valence-corrected chi connectivity index (χ3v) is 4.30. The van der Waals surface area contributed by atoms with Crippen LogP contribution in [0.4, 0.5) is 0 Å². The second-order valence-corrected chi connectivity index (χ2v) is 5.93. The fourth-order valence-corrected chi connectivity index (χ4v) is 3.12. The maximum Gasteiger partial charge on any atom is 0.269 e. The first-order valence-electron chi connectivity index (χ1n) is 7.97. The minimum absolute atomic E-state index is 0.0215. The Morgan fingerprint density at radius 3 is 3.08 bits per heavy atom. The molecule has 1 aromatic carbocycles. The summed E-state index contributed by atoms with van der Waals surface area (Å²) >= 11 is 0. The lowest BCUT2D eigenvalue weighted by Gasteiger charge is -2.26. The number of ether oxygens (including phenoxy) is 1. The fourth-order valence-electron chi connectivity index (χ4n) is 3.12. The molecule has 1 amide bonds. The second kappa shape index (κ2) is 6.05. The van der Waals surface area contributed by atoms with Gasteiger partial charge >= 0.3 is 0 Å². The molecule has 4 rings (SSSR count). The van der Waals surface area contributed by atoms with Gasteiger partial charge in [0.15, 0.2) is 0 Å². The zero-order valence-electron chi connectivity index (χ0n) is 13.4. The first kappa shape index (κ1) is 14.8. The molecule has 1 atom stereocenters. The molecule has 0 unspecified atom stereocenters. The summed E-state index contributed by atoms with van der Waals surface area (Å²) < 4.78 is 7.85. The largest absolute Gasteiger partial charge is 0.371 e. The number of aromatic nitrogens is 3. The molecule has 6 heteroatoms. The van der Waals surface area contributed by atoms with E-state index in [9.17, 15) is 4.79 Å². The molecule has 0 fully saturated rings. The summed E-state index contributed by atoms with van der Waals surface area (Å²) in [7, 11) is 0. The standard InChI is InChI=1S/C18H18N4O2/c1-12-5-4-7-15-17(12)21-16-11-24-10-13(22(15)16)9-20-18(23)14-6-2-3-8-19-14/h2-8,13H,9-11H2,1H3,(H,20,23)/t13-/m0/s1. The Bertz CT molecular complexity index is 889. The van der Waals surface area contributed by atoms with Gasteiger partial charge in [-0.15, -0.1) is 0 Å². The summed E-state index contributed by atoms with van der Waals surface area (Å²) in [5.41, 5.74) is 3.65. The highest BCUT2D eigenvalue weighted by Gasteiger charge is 2.25. The first-order valence-corrected chi connectivity index (χ1v) is 7.97. The van der Waals surface area contributed by atoms with E-state index < -0.39 is 0 Å². The van der Waals surface area contributed by atoms with Crippen LogP contribution in [0.2, 0.25) is 0 Å². The lowest BCUT2D eigenvalue weighted by atomic mass is 10.2. The van der Waals surface area contributed by atoms with E-state index in [1.807, 2.05) is 6.07 Å². The maximum absolute atomic E-state index is 12.2. The molecule has 122 valence electrons. The molecule has 24 heavy (non-hydrogen) atoms. The van der Waals surface area contributed by atoms with Gasteiger partial charge in [-0.25, -0.2) is 4.98 Å². The van der Waals surface area contributed by atoms with Gasteiger partial charge in [-0.1, -0.05) is 18.2 Å². The van der Waals surface area contributed by atoms with Gasteiger partial charge in [-0.05, 0) is 30.7 Å². The Morgan fingerprint density at radius 2 is 2.25 bits per heavy atom. The molecule has 0 bridgehead atoms. The lowest BCUT2D eigenvalue weighted by Crippen LogP contribution is -2.36. The Morgan fingerprint density at radius 1 is 1.33 bits per heavy atom. The van der Waals surface area contributed by atoms with Crippen molar-refractivity contribution in [1.29, 1.82) is 0 Å². The number of fused-ring (bicyclic) bond motifs is 3. The topological polar surface area (TPSA) is 69.0 Å². The normalized spacial score (nSPS) is 16.8. The highest BCUT2D eigenvalue weighted by molar-refractivity contribution is 5.92. The number of imidazole rings is 1. The van der Waals surface area contributed by atoms with Crippen molar-refractivity contribution in [1.82, 2.24) is 19.9 Å². The molecule has 0 aliphatic carbocycles. The number of nitrogens with one attached hydrogen (secondary N) is 1. The van der Waals surface area contributed by atoms with Crippen LogP contribution in [0.3, 0.4) is 0 Å². The third-order valence-electron chi connectivity index (χ3n) is 4.30. The summed E-state index contributed by atoms with van der Waals surface area (Å²) in [5, 5.41) is 2.95. The zero-order chi connectivity index (χ0) is 16.5. The van der Waals surface area contributed by atoms with Crippen molar-refractivity contribution in [3.8, 4) is 0 Å². The Hall–Kier alpha value is -2.73. The highest BCUT2D eigenvalue weighted by Crippen LogP contribution is 2.27. The molecule has 1 aliphatic rings. The van der Waals surface area contributed by atoms with Gasteiger partial charge < -0.3 is 14.6 Å². The molecular weight excluding hydrogens is 304 g/mol. The number of aryl methyl sites for hydroxylation is 1. The Balaban J connectivity index is 1.59. The van der Waals surface area contributed by atoms with Crippen molar-refractivity contribution < 1.29 is 9.53 Å². The molecule has 3 heterocycles. The summed E-state index contributed by atoms with van der Waals surface area (Å²) in [4.78, 5) is 21.0. The number of benzene rings is 1. The molecule has 0 saturated heterocycles. The van der Waals surface area contributed by atoms with Crippen LogP contribution in [0.15, 0.2) is 42.6 Å². The van der Waals surface area contributed by atoms with Gasteiger partial charge in [0, 0.05) is 12.7 Å². The number of pyridine rings is 1. The van der Waals surface area contributed by atoms with Crippen LogP contribution >= 0.6 is 0 Å². The predicted molar refractivity (Wildman–Crippen MR) is 89.7 cm³/mol. The van der Waals surface area contributed by atoms with Crippen LogP contribution in [0.25, 0.3) is 11.0 Å². The van der Waals surface area contributed by atoms with Gasteiger partial charge in [0.25, 0.3) is 5.91 Å². The van der Waals surface area contributed by atoms with Gasteiger partial charge in [0.05, 0.1) is 23.7 Å². The van der Waals surface area contributed by atoms with Crippen LogP contribution < -0.4 is 5.32 Å². The lowest BCUT2D eigenvalue weighted by molar-refractivity contribution is 0.0552. The summed E-state index contributed by atoms with van der Waals surface area (Å²) in [5.74, 6) is 0.728. The average molecular weight is 322 g/mol. The number of para-hydroxylation sites is 1. The highest BCUT2D eigenvalue weighted by atomic mass is 16.5. The predicted octanol–water partition coefficient (Wildman–Crippen LogP) is 2.24. The maximum atomic E-state index is 12.2. The van der Waals surface area contributed by atoms with E-state index in [-0.39, 0.29) is 11.9 Å². The molecular formula is C18H18N4O2. The molecule has 3 aromatic rings. The molecule has 1 N–H and O–H groups in total. The van der Waals surface area contributed by atoms with Gasteiger partial charge in [0.1, 0.15) is 18.1 Å².